The largest absolute Gasteiger partial charge is 0.334 e. The average molecular weight is 342 g/mol. The predicted molar refractivity (Wildman–Crippen MR) is 105 cm³/mol. The van der Waals surface area contributed by atoms with Crippen molar-refractivity contribution < 1.29 is 4.79 Å². The number of unbranched alkanes of at least 4 members (excludes halogenated alkanes) is 1. The van der Waals surface area contributed by atoms with Gasteiger partial charge in [-0.05, 0) is 41.3 Å². The number of benzene rings is 2. The molecule has 0 aliphatic carbocycles. The molecule has 130 valence electrons. The van der Waals surface area contributed by atoms with Crippen LogP contribution in [0.5, 0.6) is 0 Å². The van der Waals surface area contributed by atoms with Gasteiger partial charge in [0.15, 0.2) is 0 Å². The Labute approximate surface area is 154 Å². The van der Waals surface area contributed by atoms with Crippen LogP contribution in [-0.2, 0) is 6.54 Å². The Balaban J connectivity index is 1.64. The molecule has 3 heteroatoms. The first kappa shape index (κ1) is 16.5. The van der Waals surface area contributed by atoms with Crippen molar-refractivity contribution in [3.8, 4) is 22.3 Å². The van der Waals surface area contributed by atoms with Crippen molar-refractivity contribution in [3.05, 3.63) is 78.1 Å². The summed E-state index contributed by atoms with van der Waals surface area (Å²) in [5, 5.41) is 0. The van der Waals surface area contributed by atoms with Crippen LogP contribution in [0, 0.1) is 0 Å². The molecular weight excluding hydrogens is 320 g/mol. The van der Waals surface area contributed by atoms with Crippen molar-refractivity contribution >= 4 is 5.91 Å². The van der Waals surface area contributed by atoms with Crippen LogP contribution in [0.25, 0.3) is 22.3 Å². The van der Waals surface area contributed by atoms with E-state index in [4.69, 9.17) is 0 Å². The molecular formula is C23H22N2O. The highest BCUT2D eigenvalue weighted by atomic mass is 16.2. The third-order valence-electron chi connectivity index (χ3n) is 4.94. The Kier molecular flexibility index (Phi) is 4.53. The van der Waals surface area contributed by atoms with Crippen LogP contribution in [0.15, 0.2) is 67.0 Å². The second kappa shape index (κ2) is 7.12. The molecule has 1 aromatic heterocycles. The summed E-state index contributed by atoms with van der Waals surface area (Å²) in [6, 6.07) is 18.6. The van der Waals surface area contributed by atoms with Gasteiger partial charge in [-0.1, -0.05) is 49.7 Å². The fourth-order valence-electron chi connectivity index (χ4n) is 3.48. The van der Waals surface area contributed by atoms with E-state index in [-0.39, 0.29) is 5.91 Å². The van der Waals surface area contributed by atoms with Crippen LogP contribution in [0.3, 0.4) is 0 Å². The van der Waals surface area contributed by atoms with Gasteiger partial charge in [0.25, 0.3) is 5.91 Å². The quantitative estimate of drug-likeness (QED) is 0.641. The van der Waals surface area contributed by atoms with Gasteiger partial charge < -0.3 is 4.90 Å². The van der Waals surface area contributed by atoms with E-state index < -0.39 is 0 Å². The molecule has 1 amide bonds. The van der Waals surface area contributed by atoms with E-state index in [2.05, 4.69) is 36.2 Å². The zero-order valence-corrected chi connectivity index (χ0v) is 15.0. The lowest BCUT2D eigenvalue weighted by atomic mass is 9.99. The lowest BCUT2D eigenvalue weighted by molar-refractivity contribution is 0.0776. The van der Waals surface area contributed by atoms with Gasteiger partial charge >= 0.3 is 0 Å². The molecule has 0 spiro atoms. The van der Waals surface area contributed by atoms with Gasteiger partial charge in [0.2, 0.25) is 0 Å². The standard InChI is InChI=1S/C23H22N2O/c1-2-3-11-25-16-21-12-18(9-10-22(21)23(25)26)20-13-19(14-24-15-20)17-7-5-4-6-8-17/h4-10,12-15H,2-3,11,16H2,1H3. The van der Waals surface area contributed by atoms with Gasteiger partial charge in [-0.15, -0.1) is 0 Å². The third-order valence-corrected chi connectivity index (χ3v) is 4.94. The van der Waals surface area contributed by atoms with E-state index in [1.807, 2.05) is 47.6 Å². The summed E-state index contributed by atoms with van der Waals surface area (Å²) in [4.78, 5) is 18.9. The summed E-state index contributed by atoms with van der Waals surface area (Å²) in [7, 11) is 0. The van der Waals surface area contributed by atoms with Crippen molar-refractivity contribution in [1.82, 2.24) is 9.88 Å². The first-order chi connectivity index (χ1) is 12.8. The molecule has 0 radical (unpaired) electrons. The minimum Gasteiger partial charge on any atom is -0.334 e. The summed E-state index contributed by atoms with van der Waals surface area (Å²) in [6.45, 7) is 3.71. The lowest BCUT2D eigenvalue weighted by Crippen LogP contribution is -2.24. The summed E-state index contributed by atoms with van der Waals surface area (Å²) in [5.74, 6) is 0.163. The molecule has 3 nitrogen and oxygen atoms in total. The Bertz CT molecular complexity index is 934. The molecule has 0 bridgehead atoms. The van der Waals surface area contributed by atoms with E-state index in [0.29, 0.717) is 6.54 Å². The minimum absolute atomic E-state index is 0.163. The molecule has 26 heavy (non-hydrogen) atoms. The Morgan fingerprint density at radius 3 is 2.46 bits per heavy atom. The monoisotopic (exact) mass is 342 g/mol. The number of fused-ring (bicyclic) bond motifs is 1. The minimum atomic E-state index is 0.163. The fraction of sp³-hybridized carbons (Fsp3) is 0.217. The summed E-state index contributed by atoms with van der Waals surface area (Å²) in [6.07, 6.45) is 5.93. The van der Waals surface area contributed by atoms with Crippen LogP contribution >= 0.6 is 0 Å². The highest BCUT2D eigenvalue weighted by Gasteiger charge is 2.26. The van der Waals surface area contributed by atoms with Gasteiger partial charge in [0.05, 0.1) is 0 Å². The number of pyridine rings is 1. The summed E-state index contributed by atoms with van der Waals surface area (Å²) >= 11 is 0. The maximum atomic E-state index is 12.5. The number of nitrogens with zero attached hydrogens (tertiary/aromatic N) is 2. The number of carbonyl (C=O) groups is 1. The van der Waals surface area contributed by atoms with Gasteiger partial charge in [-0.2, -0.15) is 0 Å². The first-order valence-corrected chi connectivity index (χ1v) is 9.19. The molecule has 0 unspecified atom stereocenters. The summed E-state index contributed by atoms with van der Waals surface area (Å²) in [5.41, 5.74) is 6.41. The second-order valence-corrected chi connectivity index (χ2v) is 6.78. The molecule has 1 aliphatic heterocycles. The Morgan fingerprint density at radius 2 is 1.69 bits per heavy atom. The number of hydrogen-bond acceptors (Lipinski definition) is 2. The van der Waals surface area contributed by atoms with Crippen molar-refractivity contribution in [2.24, 2.45) is 0 Å². The van der Waals surface area contributed by atoms with Crippen LogP contribution in [-0.4, -0.2) is 22.3 Å². The summed E-state index contributed by atoms with van der Waals surface area (Å²) < 4.78 is 0. The Hall–Kier alpha value is -2.94. The molecule has 4 rings (SSSR count). The molecule has 0 fully saturated rings. The molecule has 2 aromatic carbocycles. The number of hydrogen-bond donors (Lipinski definition) is 0. The third kappa shape index (κ3) is 3.13. The highest BCUT2D eigenvalue weighted by Crippen LogP contribution is 2.30. The van der Waals surface area contributed by atoms with Crippen molar-refractivity contribution in [1.29, 1.82) is 0 Å². The van der Waals surface area contributed by atoms with Gasteiger partial charge in [0.1, 0.15) is 0 Å². The van der Waals surface area contributed by atoms with Crippen LogP contribution in [0.2, 0.25) is 0 Å². The second-order valence-electron chi connectivity index (χ2n) is 6.78. The molecule has 0 N–H and O–H groups in total. The van der Waals surface area contributed by atoms with Crippen LogP contribution in [0.1, 0.15) is 35.7 Å². The van der Waals surface area contributed by atoms with Crippen molar-refractivity contribution in [3.63, 3.8) is 0 Å². The zero-order chi connectivity index (χ0) is 17.9. The first-order valence-electron chi connectivity index (χ1n) is 9.19. The van der Waals surface area contributed by atoms with E-state index in [1.54, 1.807) is 0 Å². The maximum absolute atomic E-state index is 12.5. The van der Waals surface area contributed by atoms with E-state index in [9.17, 15) is 4.79 Å². The molecule has 0 saturated heterocycles. The van der Waals surface area contributed by atoms with Crippen LogP contribution in [0.4, 0.5) is 0 Å². The number of aromatic nitrogens is 1. The van der Waals surface area contributed by atoms with Gasteiger partial charge in [-0.25, -0.2) is 0 Å². The normalized spacial score (nSPS) is 13.1. The molecule has 0 atom stereocenters. The number of rotatable bonds is 5. The Morgan fingerprint density at radius 1 is 0.923 bits per heavy atom. The SMILES string of the molecule is CCCCN1Cc2cc(-c3cncc(-c4ccccc4)c3)ccc2C1=O. The fourth-order valence-corrected chi connectivity index (χ4v) is 3.48. The highest BCUT2D eigenvalue weighted by molar-refractivity contribution is 5.99. The molecule has 1 aliphatic rings. The van der Waals surface area contributed by atoms with Crippen molar-refractivity contribution in [2.45, 2.75) is 26.3 Å². The topological polar surface area (TPSA) is 33.2 Å². The zero-order valence-electron chi connectivity index (χ0n) is 15.0. The van der Waals surface area contributed by atoms with Crippen molar-refractivity contribution in [2.75, 3.05) is 6.54 Å². The molecule has 3 aromatic rings. The predicted octanol–water partition coefficient (Wildman–Crippen LogP) is 5.17. The molecule has 2 heterocycles. The average Bonchev–Trinajstić information content (AvgIpc) is 3.02. The maximum Gasteiger partial charge on any atom is 0.254 e. The van der Waals surface area contributed by atoms with E-state index >= 15 is 0 Å². The molecule has 0 saturated carbocycles. The van der Waals surface area contributed by atoms with Gasteiger partial charge in [0, 0.05) is 42.2 Å². The van der Waals surface area contributed by atoms with E-state index in [1.165, 1.54) is 0 Å². The number of amides is 1. The van der Waals surface area contributed by atoms with Gasteiger partial charge in [-0.3, -0.25) is 9.78 Å². The lowest BCUT2D eigenvalue weighted by Gasteiger charge is -2.14. The smallest absolute Gasteiger partial charge is 0.254 e. The van der Waals surface area contributed by atoms with Crippen LogP contribution < -0.4 is 0 Å². The van der Waals surface area contributed by atoms with E-state index in [0.717, 1.165) is 52.8 Å². The number of carbonyl (C=O) groups excluding carboxylic acids is 1.